The zero-order valence-electron chi connectivity index (χ0n) is 11.4. The maximum atomic E-state index is 12.1. The Bertz CT molecular complexity index is 506. The number of amides is 1. The van der Waals surface area contributed by atoms with Crippen LogP contribution in [0.1, 0.15) is 24.8 Å². The summed E-state index contributed by atoms with van der Waals surface area (Å²) < 4.78 is 11.3. The van der Waals surface area contributed by atoms with Crippen molar-refractivity contribution in [2.24, 2.45) is 0 Å². The number of hydrogen-bond donors (Lipinski definition) is 1. The van der Waals surface area contributed by atoms with Crippen LogP contribution >= 0.6 is 0 Å². The molecule has 2 aliphatic rings. The molecule has 1 aromatic rings. The van der Waals surface area contributed by atoms with Crippen molar-refractivity contribution in [2.75, 3.05) is 13.2 Å². The Balaban J connectivity index is 1.54. The number of rotatable bonds is 3. The van der Waals surface area contributed by atoms with Crippen LogP contribution in [0.15, 0.2) is 30.3 Å². The number of carbonyl (C=O) groups excluding carboxylic acids is 1. The van der Waals surface area contributed by atoms with E-state index in [4.69, 9.17) is 9.47 Å². The number of benzene rings is 1. The molecule has 1 N–H and O–H groups in total. The molecule has 3 rings (SSSR count). The van der Waals surface area contributed by atoms with Crippen LogP contribution in [-0.2, 0) is 9.53 Å². The van der Waals surface area contributed by atoms with Crippen molar-refractivity contribution < 1.29 is 14.3 Å². The highest BCUT2D eigenvalue weighted by molar-refractivity contribution is 5.85. The van der Waals surface area contributed by atoms with Crippen LogP contribution in [0.2, 0.25) is 0 Å². The van der Waals surface area contributed by atoms with Crippen LogP contribution in [0, 0.1) is 0 Å². The molecule has 2 aliphatic heterocycles. The lowest BCUT2D eigenvalue weighted by Crippen LogP contribution is -2.42. The minimum absolute atomic E-state index is 0.107. The summed E-state index contributed by atoms with van der Waals surface area (Å²) in [5.74, 6) is 0.647. The highest BCUT2D eigenvalue weighted by atomic mass is 16.5. The van der Waals surface area contributed by atoms with Crippen molar-refractivity contribution in [3.63, 3.8) is 0 Å². The second-order valence-corrected chi connectivity index (χ2v) is 5.17. The lowest BCUT2D eigenvalue weighted by molar-refractivity contribution is -0.127. The quantitative estimate of drug-likeness (QED) is 0.918. The van der Waals surface area contributed by atoms with Gasteiger partial charge >= 0.3 is 0 Å². The van der Waals surface area contributed by atoms with Crippen molar-refractivity contribution >= 4 is 12.0 Å². The van der Waals surface area contributed by atoms with Gasteiger partial charge in [-0.15, -0.1) is 0 Å². The molecule has 0 radical (unpaired) electrons. The maximum Gasteiger partial charge on any atom is 0.265 e. The van der Waals surface area contributed by atoms with Crippen molar-refractivity contribution in [1.29, 1.82) is 0 Å². The van der Waals surface area contributed by atoms with Gasteiger partial charge in [0.25, 0.3) is 5.91 Å². The first kappa shape index (κ1) is 13.2. The van der Waals surface area contributed by atoms with Crippen molar-refractivity contribution in [2.45, 2.75) is 31.5 Å². The van der Waals surface area contributed by atoms with E-state index >= 15 is 0 Å². The monoisotopic (exact) mass is 273 g/mol. The smallest absolute Gasteiger partial charge is 0.265 e. The molecule has 20 heavy (non-hydrogen) atoms. The topological polar surface area (TPSA) is 47.6 Å². The molecule has 0 spiro atoms. The van der Waals surface area contributed by atoms with E-state index in [0.29, 0.717) is 6.54 Å². The van der Waals surface area contributed by atoms with Crippen LogP contribution < -0.4 is 10.1 Å². The summed E-state index contributed by atoms with van der Waals surface area (Å²) in [5.41, 5.74) is 1.01. The van der Waals surface area contributed by atoms with Gasteiger partial charge in [0, 0.05) is 18.7 Å². The molecule has 2 unspecified atom stereocenters. The summed E-state index contributed by atoms with van der Waals surface area (Å²) in [4.78, 5) is 12.1. The SMILES string of the molecule is O=C(NCC1CCCCO1)C1C=Cc2ccccc2O1. The number of fused-ring (bicyclic) bond motifs is 1. The summed E-state index contributed by atoms with van der Waals surface area (Å²) in [5, 5.41) is 2.91. The molecule has 2 atom stereocenters. The third-order valence-electron chi connectivity index (χ3n) is 3.66. The van der Waals surface area contributed by atoms with Gasteiger partial charge in [-0.05, 0) is 31.4 Å². The van der Waals surface area contributed by atoms with Gasteiger partial charge in [0.15, 0.2) is 6.10 Å². The summed E-state index contributed by atoms with van der Waals surface area (Å²) in [6.07, 6.45) is 6.63. The van der Waals surface area contributed by atoms with E-state index in [1.54, 1.807) is 6.08 Å². The number of carbonyl (C=O) groups is 1. The van der Waals surface area contributed by atoms with Gasteiger partial charge in [0.2, 0.25) is 0 Å². The molecule has 0 aliphatic carbocycles. The van der Waals surface area contributed by atoms with Gasteiger partial charge in [-0.1, -0.05) is 24.3 Å². The normalized spacial score (nSPS) is 24.6. The van der Waals surface area contributed by atoms with Gasteiger partial charge in [-0.25, -0.2) is 0 Å². The van der Waals surface area contributed by atoms with Crippen molar-refractivity contribution in [3.05, 3.63) is 35.9 Å². The van der Waals surface area contributed by atoms with E-state index < -0.39 is 6.10 Å². The second-order valence-electron chi connectivity index (χ2n) is 5.17. The molecule has 4 heteroatoms. The predicted octanol–water partition coefficient (Wildman–Crippen LogP) is 2.15. The van der Waals surface area contributed by atoms with Crippen LogP contribution in [0.4, 0.5) is 0 Å². The number of para-hydroxylation sites is 1. The molecular weight excluding hydrogens is 254 g/mol. The maximum absolute atomic E-state index is 12.1. The Morgan fingerprint density at radius 1 is 1.30 bits per heavy atom. The first-order valence-electron chi connectivity index (χ1n) is 7.16. The standard InChI is InChI=1S/C16H19NO3/c18-16(17-11-13-6-3-4-10-19-13)15-9-8-12-5-1-2-7-14(12)20-15/h1-2,5,7-9,13,15H,3-4,6,10-11H2,(H,17,18). The third-order valence-corrected chi connectivity index (χ3v) is 3.66. The zero-order valence-corrected chi connectivity index (χ0v) is 11.4. The molecule has 0 saturated carbocycles. The van der Waals surface area contributed by atoms with E-state index in [1.807, 2.05) is 30.3 Å². The Morgan fingerprint density at radius 3 is 3.05 bits per heavy atom. The summed E-state index contributed by atoms with van der Waals surface area (Å²) in [6.45, 7) is 1.36. The van der Waals surface area contributed by atoms with Crippen molar-refractivity contribution in [1.82, 2.24) is 5.32 Å². The van der Waals surface area contributed by atoms with Gasteiger partial charge in [-0.3, -0.25) is 4.79 Å². The minimum atomic E-state index is -0.548. The predicted molar refractivity (Wildman–Crippen MR) is 76.5 cm³/mol. The highest BCUT2D eigenvalue weighted by Gasteiger charge is 2.23. The Kier molecular flexibility index (Phi) is 4.02. The molecule has 1 fully saturated rings. The van der Waals surface area contributed by atoms with Gasteiger partial charge in [-0.2, -0.15) is 0 Å². The van der Waals surface area contributed by atoms with Crippen LogP contribution in [-0.4, -0.2) is 31.3 Å². The fourth-order valence-electron chi connectivity index (χ4n) is 2.52. The molecule has 4 nitrogen and oxygen atoms in total. The van der Waals surface area contributed by atoms with Gasteiger partial charge in [0.1, 0.15) is 5.75 Å². The highest BCUT2D eigenvalue weighted by Crippen LogP contribution is 2.25. The molecule has 0 aromatic heterocycles. The molecule has 0 bridgehead atoms. The molecule has 1 saturated heterocycles. The van der Waals surface area contributed by atoms with E-state index in [1.165, 1.54) is 6.42 Å². The first-order chi connectivity index (χ1) is 9.83. The van der Waals surface area contributed by atoms with E-state index in [9.17, 15) is 4.79 Å². The Hall–Kier alpha value is -1.81. The van der Waals surface area contributed by atoms with Crippen LogP contribution in [0.5, 0.6) is 5.75 Å². The fourth-order valence-corrected chi connectivity index (χ4v) is 2.52. The van der Waals surface area contributed by atoms with E-state index in [0.717, 1.165) is 30.8 Å². The Labute approximate surface area is 118 Å². The molecule has 1 amide bonds. The molecular formula is C16H19NO3. The summed E-state index contributed by atoms with van der Waals surface area (Å²) in [6, 6.07) is 7.70. The van der Waals surface area contributed by atoms with Gasteiger partial charge in [0.05, 0.1) is 6.10 Å². The lowest BCUT2D eigenvalue weighted by Gasteiger charge is -2.25. The summed E-state index contributed by atoms with van der Waals surface area (Å²) in [7, 11) is 0. The fraction of sp³-hybridized carbons (Fsp3) is 0.438. The molecule has 1 aromatic carbocycles. The van der Waals surface area contributed by atoms with Crippen LogP contribution in [0.25, 0.3) is 6.08 Å². The number of hydrogen-bond acceptors (Lipinski definition) is 3. The number of nitrogens with one attached hydrogen (secondary N) is 1. The average molecular weight is 273 g/mol. The zero-order chi connectivity index (χ0) is 13.8. The largest absolute Gasteiger partial charge is 0.476 e. The lowest BCUT2D eigenvalue weighted by atomic mass is 10.1. The minimum Gasteiger partial charge on any atom is -0.476 e. The number of ether oxygens (including phenoxy) is 2. The summed E-state index contributed by atoms with van der Waals surface area (Å²) >= 11 is 0. The van der Waals surface area contributed by atoms with E-state index in [2.05, 4.69) is 5.32 Å². The molecule has 106 valence electrons. The van der Waals surface area contributed by atoms with Gasteiger partial charge < -0.3 is 14.8 Å². The van der Waals surface area contributed by atoms with Crippen molar-refractivity contribution in [3.8, 4) is 5.75 Å². The Morgan fingerprint density at radius 2 is 2.20 bits per heavy atom. The molecule has 2 heterocycles. The van der Waals surface area contributed by atoms with E-state index in [-0.39, 0.29) is 12.0 Å². The first-order valence-corrected chi connectivity index (χ1v) is 7.16. The third kappa shape index (κ3) is 3.02. The van der Waals surface area contributed by atoms with Crippen LogP contribution in [0.3, 0.4) is 0 Å². The second kappa shape index (κ2) is 6.09. The average Bonchev–Trinajstić information content (AvgIpc) is 2.53.